The molecule has 0 radical (unpaired) electrons. The van der Waals surface area contributed by atoms with Crippen molar-refractivity contribution >= 4 is 5.97 Å². The third-order valence-corrected chi connectivity index (χ3v) is 9.31. The standard InChI is InChI=1S/C24H42O5/c1-16-8-9-19-21(3,4)11-7-12-24(19,27)23(16,6)15-14-22(5)13-10-18(28-29-22)17(2)20(25)26/h16-19,27H,7-15H2,1-6H3,(H,25,26)/t16-,17?,18?,19?,22?,23-,24+/m0/s1. The van der Waals surface area contributed by atoms with Crippen molar-refractivity contribution in [3.8, 4) is 0 Å². The van der Waals surface area contributed by atoms with Gasteiger partial charge in [0.25, 0.3) is 0 Å². The molecule has 3 rings (SSSR count). The summed E-state index contributed by atoms with van der Waals surface area (Å²) >= 11 is 0. The fourth-order valence-corrected chi connectivity index (χ4v) is 6.64. The highest BCUT2D eigenvalue weighted by molar-refractivity contribution is 5.70. The highest BCUT2D eigenvalue weighted by atomic mass is 17.2. The summed E-state index contributed by atoms with van der Waals surface area (Å²) in [5, 5.41) is 21.3. The molecule has 0 spiro atoms. The molecule has 168 valence electrons. The molecule has 7 atom stereocenters. The second kappa shape index (κ2) is 7.80. The van der Waals surface area contributed by atoms with Gasteiger partial charge in [0.15, 0.2) is 0 Å². The number of hydrogen-bond donors (Lipinski definition) is 2. The highest BCUT2D eigenvalue weighted by Gasteiger charge is 2.61. The van der Waals surface area contributed by atoms with E-state index in [0.29, 0.717) is 18.3 Å². The van der Waals surface area contributed by atoms with Crippen molar-refractivity contribution in [1.82, 2.24) is 0 Å². The summed E-state index contributed by atoms with van der Waals surface area (Å²) in [6, 6.07) is 0. The Bertz CT molecular complexity index is 608. The SMILES string of the molecule is CC(C(=O)O)C1CCC(C)(CC[C@@]2(C)[C@@H](C)CCC3C(C)(C)CCC[C@@]32O)OO1. The molecule has 1 heterocycles. The van der Waals surface area contributed by atoms with Gasteiger partial charge in [-0.25, -0.2) is 9.78 Å². The van der Waals surface area contributed by atoms with Crippen LogP contribution >= 0.6 is 0 Å². The van der Waals surface area contributed by atoms with Crippen LogP contribution in [0.5, 0.6) is 0 Å². The molecule has 3 aliphatic rings. The van der Waals surface area contributed by atoms with Gasteiger partial charge in [-0.05, 0) is 87.9 Å². The zero-order valence-corrected chi connectivity index (χ0v) is 19.3. The molecule has 1 saturated heterocycles. The van der Waals surface area contributed by atoms with Crippen LogP contribution in [0.1, 0.15) is 99.3 Å². The van der Waals surface area contributed by atoms with E-state index in [4.69, 9.17) is 9.78 Å². The number of carboxylic acid groups (broad SMARTS) is 1. The van der Waals surface area contributed by atoms with Crippen LogP contribution in [-0.4, -0.2) is 33.5 Å². The summed E-state index contributed by atoms with van der Waals surface area (Å²) in [5.74, 6) is -0.604. The van der Waals surface area contributed by atoms with Crippen LogP contribution in [0, 0.1) is 28.6 Å². The molecule has 2 aliphatic carbocycles. The van der Waals surface area contributed by atoms with Crippen LogP contribution < -0.4 is 0 Å². The van der Waals surface area contributed by atoms with E-state index in [1.165, 1.54) is 12.8 Å². The van der Waals surface area contributed by atoms with Crippen molar-refractivity contribution in [3.63, 3.8) is 0 Å². The minimum absolute atomic E-state index is 0.148. The van der Waals surface area contributed by atoms with E-state index >= 15 is 0 Å². The number of carbonyl (C=O) groups is 1. The van der Waals surface area contributed by atoms with Crippen LogP contribution in [0.4, 0.5) is 0 Å². The van der Waals surface area contributed by atoms with E-state index in [0.717, 1.165) is 38.5 Å². The lowest BCUT2D eigenvalue weighted by atomic mass is 9.45. The zero-order chi connectivity index (χ0) is 21.7. The van der Waals surface area contributed by atoms with Crippen molar-refractivity contribution in [1.29, 1.82) is 0 Å². The van der Waals surface area contributed by atoms with Gasteiger partial charge in [0.2, 0.25) is 0 Å². The summed E-state index contributed by atoms with van der Waals surface area (Å²) in [6.45, 7) is 13.0. The Morgan fingerprint density at radius 3 is 2.34 bits per heavy atom. The largest absolute Gasteiger partial charge is 0.481 e. The number of aliphatic carboxylic acids is 1. The van der Waals surface area contributed by atoms with Crippen LogP contribution in [0.2, 0.25) is 0 Å². The number of aliphatic hydroxyl groups is 1. The van der Waals surface area contributed by atoms with Gasteiger partial charge in [-0.2, -0.15) is 0 Å². The van der Waals surface area contributed by atoms with Gasteiger partial charge in [-0.15, -0.1) is 0 Å². The lowest BCUT2D eigenvalue weighted by Gasteiger charge is -2.63. The molecule has 1 aliphatic heterocycles. The monoisotopic (exact) mass is 410 g/mol. The Kier molecular flexibility index (Phi) is 6.19. The van der Waals surface area contributed by atoms with E-state index in [9.17, 15) is 15.0 Å². The minimum Gasteiger partial charge on any atom is -0.481 e. The van der Waals surface area contributed by atoms with Crippen LogP contribution in [0.25, 0.3) is 0 Å². The molecule has 3 fully saturated rings. The predicted octanol–water partition coefficient (Wildman–Crippen LogP) is 5.35. The van der Waals surface area contributed by atoms with Crippen LogP contribution in [0.3, 0.4) is 0 Å². The van der Waals surface area contributed by atoms with E-state index in [2.05, 4.69) is 34.6 Å². The van der Waals surface area contributed by atoms with Gasteiger partial charge >= 0.3 is 5.97 Å². The molecule has 0 bridgehead atoms. The summed E-state index contributed by atoms with van der Waals surface area (Å²) in [4.78, 5) is 22.6. The second-order valence-corrected chi connectivity index (χ2v) is 11.5. The van der Waals surface area contributed by atoms with E-state index in [1.807, 2.05) is 0 Å². The van der Waals surface area contributed by atoms with Crippen molar-refractivity contribution in [3.05, 3.63) is 0 Å². The van der Waals surface area contributed by atoms with Crippen molar-refractivity contribution in [2.24, 2.45) is 28.6 Å². The van der Waals surface area contributed by atoms with Gasteiger partial charge in [0, 0.05) is 0 Å². The first-order valence-corrected chi connectivity index (χ1v) is 11.6. The highest BCUT2D eigenvalue weighted by Crippen LogP contribution is 2.63. The minimum atomic E-state index is -0.848. The predicted molar refractivity (Wildman–Crippen MR) is 112 cm³/mol. The third-order valence-electron chi connectivity index (χ3n) is 9.31. The summed E-state index contributed by atoms with van der Waals surface area (Å²) < 4.78 is 0. The molecule has 0 aromatic rings. The molecule has 5 heteroatoms. The number of hydrogen-bond acceptors (Lipinski definition) is 4. The first-order valence-electron chi connectivity index (χ1n) is 11.6. The van der Waals surface area contributed by atoms with Crippen LogP contribution in [-0.2, 0) is 14.6 Å². The Balaban J connectivity index is 1.71. The van der Waals surface area contributed by atoms with E-state index < -0.39 is 29.2 Å². The Hall–Kier alpha value is -0.650. The smallest absolute Gasteiger partial charge is 0.308 e. The summed E-state index contributed by atoms with van der Waals surface area (Å²) in [7, 11) is 0. The second-order valence-electron chi connectivity index (χ2n) is 11.5. The van der Waals surface area contributed by atoms with E-state index in [-0.39, 0.29) is 10.8 Å². The Morgan fingerprint density at radius 1 is 1.07 bits per heavy atom. The average Bonchev–Trinajstić information content (AvgIpc) is 2.64. The normalized spacial score (nSPS) is 46.0. The van der Waals surface area contributed by atoms with Crippen molar-refractivity contribution in [2.45, 2.75) is 117 Å². The maximum absolute atomic E-state index is 12.1. The van der Waals surface area contributed by atoms with Gasteiger partial charge in [-0.3, -0.25) is 4.79 Å². The fourth-order valence-electron chi connectivity index (χ4n) is 6.64. The van der Waals surface area contributed by atoms with Crippen LogP contribution in [0.15, 0.2) is 0 Å². The molecule has 0 amide bonds. The topological polar surface area (TPSA) is 76.0 Å². The van der Waals surface area contributed by atoms with Gasteiger partial charge < -0.3 is 10.2 Å². The lowest BCUT2D eigenvalue weighted by Crippen LogP contribution is -2.63. The van der Waals surface area contributed by atoms with Gasteiger partial charge in [0.1, 0.15) is 11.7 Å². The number of fused-ring (bicyclic) bond motifs is 1. The summed E-state index contributed by atoms with van der Waals surface area (Å²) in [6.07, 6.45) is 8.27. The molecular formula is C24H42O5. The molecule has 0 aromatic heterocycles. The Morgan fingerprint density at radius 2 is 1.76 bits per heavy atom. The molecule has 2 saturated carbocycles. The average molecular weight is 411 g/mol. The molecular weight excluding hydrogens is 368 g/mol. The maximum Gasteiger partial charge on any atom is 0.308 e. The van der Waals surface area contributed by atoms with Crippen molar-refractivity contribution in [2.75, 3.05) is 0 Å². The van der Waals surface area contributed by atoms with Gasteiger partial charge in [0.05, 0.1) is 11.5 Å². The third kappa shape index (κ3) is 3.99. The number of carboxylic acids is 1. The lowest BCUT2D eigenvalue weighted by molar-refractivity contribution is -0.412. The summed E-state index contributed by atoms with van der Waals surface area (Å²) in [5.41, 5.74) is -1.02. The maximum atomic E-state index is 12.1. The molecule has 5 nitrogen and oxygen atoms in total. The van der Waals surface area contributed by atoms with Crippen molar-refractivity contribution < 1.29 is 24.8 Å². The quantitative estimate of drug-likeness (QED) is 0.598. The molecule has 2 N–H and O–H groups in total. The first kappa shape index (κ1) is 23.0. The Labute approximate surface area is 176 Å². The van der Waals surface area contributed by atoms with Gasteiger partial charge in [-0.1, -0.05) is 34.1 Å². The zero-order valence-electron chi connectivity index (χ0n) is 19.3. The first-order chi connectivity index (χ1) is 13.3. The fraction of sp³-hybridized carbons (Fsp3) is 0.958. The van der Waals surface area contributed by atoms with E-state index in [1.54, 1.807) is 6.92 Å². The molecule has 4 unspecified atom stereocenters. The molecule has 0 aromatic carbocycles. The number of rotatable bonds is 5. The molecule has 29 heavy (non-hydrogen) atoms.